The SMILES string of the molecule is C=CCN(C(=O)C1N([C@@H](CO)C(C)C)C(=O)[C@@H]2[C@@H](C(=O)O)[C@@H]3OC12CC3Br)C(C)CCC. The number of hydrogen-bond acceptors (Lipinski definition) is 5. The molecule has 0 aromatic carbocycles. The quantitative estimate of drug-likeness (QED) is 0.341. The molecule has 0 aromatic rings. The lowest BCUT2D eigenvalue weighted by molar-refractivity contribution is -0.155. The van der Waals surface area contributed by atoms with Crippen LogP contribution in [0.3, 0.4) is 0 Å². The van der Waals surface area contributed by atoms with E-state index in [-0.39, 0.29) is 29.3 Å². The molecule has 9 heteroatoms. The Hall–Kier alpha value is -1.45. The molecular formula is C23H35BrN2O6. The Balaban J connectivity index is 2.14. The molecule has 0 aromatic heterocycles. The minimum atomic E-state index is -1.23. The monoisotopic (exact) mass is 514 g/mol. The molecule has 8 atom stereocenters. The van der Waals surface area contributed by atoms with Crippen molar-refractivity contribution in [1.82, 2.24) is 9.80 Å². The van der Waals surface area contributed by atoms with Crippen LogP contribution >= 0.6 is 15.9 Å². The van der Waals surface area contributed by atoms with Gasteiger partial charge in [0.25, 0.3) is 0 Å². The van der Waals surface area contributed by atoms with E-state index in [4.69, 9.17) is 4.74 Å². The van der Waals surface area contributed by atoms with Crippen molar-refractivity contribution in [1.29, 1.82) is 0 Å². The van der Waals surface area contributed by atoms with Crippen molar-refractivity contribution in [3.63, 3.8) is 0 Å². The number of fused-ring (bicyclic) bond motifs is 1. The van der Waals surface area contributed by atoms with Crippen LogP contribution in [0.1, 0.15) is 47.0 Å². The first-order valence-corrected chi connectivity index (χ1v) is 12.4. The highest BCUT2D eigenvalue weighted by Crippen LogP contribution is 2.60. The Morgan fingerprint density at radius 2 is 2.06 bits per heavy atom. The minimum Gasteiger partial charge on any atom is -0.481 e. The van der Waals surface area contributed by atoms with Crippen molar-refractivity contribution in [2.24, 2.45) is 17.8 Å². The van der Waals surface area contributed by atoms with E-state index in [1.54, 1.807) is 11.0 Å². The lowest BCUT2D eigenvalue weighted by atomic mass is 9.70. The Labute approximate surface area is 198 Å². The smallest absolute Gasteiger partial charge is 0.310 e. The van der Waals surface area contributed by atoms with Crippen molar-refractivity contribution in [3.05, 3.63) is 12.7 Å². The number of halogens is 1. The highest BCUT2D eigenvalue weighted by atomic mass is 79.9. The molecule has 4 unspecified atom stereocenters. The summed E-state index contributed by atoms with van der Waals surface area (Å²) in [6.45, 7) is 11.6. The Bertz CT molecular complexity index is 776. The van der Waals surface area contributed by atoms with Crippen LogP contribution in [-0.4, -0.2) is 85.6 Å². The largest absolute Gasteiger partial charge is 0.481 e. The van der Waals surface area contributed by atoms with Crippen molar-refractivity contribution in [2.45, 2.75) is 81.6 Å². The number of nitrogens with zero attached hydrogens (tertiary/aromatic N) is 2. The first kappa shape index (κ1) is 25.2. The maximum atomic E-state index is 14.1. The number of aliphatic carboxylic acids is 1. The van der Waals surface area contributed by atoms with Crippen molar-refractivity contribution in [3.8, 4) is 0 Å². The van der Waals surface area contributed by atoms with E-state index in [1.165, 1.54) is 4.90 Å². The highest BCUT2D eigenvalue weighted by molar-refractivity contribution is 9.09. The number of likely N-dealkylation sites (tertiary alicyclic amines) is 1. The zero-order chi connectivity index (χ0) is 24.0. The predicted molar refractivity (Wildman–Crippen MR) is 122 cm³/mol. The Morgan fingerprint density at radius 3 is 2.56 bits per heavy atom. The van der Waals surface area contributed by atoms with Crippen LogP contribution in [0.5, 0.6) is 0 Å². The summed E-state index contributed by atoms with van der Waals surface area (Å²) >= 11 is 3.55. The molecule has 0 aliphatic carbocycles. The van der Waals surface area contributed by atoms with Gasteiger partial charge in [0.1, 0.15) is 11.6 Å². The highest BCUT2D eigenvalue weighted by Gasteiger charge is 2.77. The van der Waals surface area contributed by atoms with Crippen molar-refractivity contribution < 1.29 is 29.3 Å². The molecule has 3 aliphatic heterocycles. The van der Waals surface area contributed by atoms with Crippen LogP contribution < -0.4 is 0 Å². The van der Waals surface area contributed by atoms with Gasteiger partial charge in [-0.3, -0.25) is 14.4 Å². The second kappa shape index (κ2) is 9.43. The van der Waals surface area contributed by atoms with Gasteiger partial charge in [0.2, 0.25) is 11.8 Å². The molecular weight excluding hydrogens is 480 g/mol. The third kappa shape index (κ3) is 3.70. The molecule has 3 heterocycles. The van der Waals surface area contributed by atoms with E-state index < -0.39 is 47.5 Å². The third-order valence-corrected chi connectivity index (χ3v) is 8.25. The van der Waals surface area contributed by atoms with Gasteiger partial charge < -0.3 is 24.7 Å². The number of hydrogen-bond donors (Lipinski definition) is 2. The summed E-state index contributed by atoms with van der Waals surface area (Å²) < 4.78 is 6.30. The first-order valence-electron chi connectivity index (χ1n) is 11.5. The third-order valence-electron chi connectivity index (χ3n) is 7.41. The lowest BCUT2D eigenvalue weighted by Crippen LogP contribution is -2.60. The molecule has 2 bridgehead atoms. The van der Waals surface area contributed by atoms with Crippen LogP contribution in [-0.2, 0) is 19.1 Å². The molecule has 1 spiro atoms. The average Bonchev–Trinajstić information content (AvgIpc) is 3.30. The van der Waals surface area contributed by atoms with Crippen LogP contribution in [0.15, 0.2) is 12.7 Å². The maximum absolute atomic E-state index is 14.1. The number of carbonyl (C=O) groups excluding carboxylic acids is 2. The van der Waals surface area contributed by atoms with E-state index in [9.17, 15) is 24.6 Å². The normalized spacial score (nSPS) is 35.2. The first-order chi connectivity index (χ1) is 15.1. The molecule has 0 radical (unpaired) electrons. The summed E-state index contributed by atoms with van der Waals surface area (Å²) in [5.74, 6) is -3.89. The molecule has 32 heavy (non-hydrogen) atoms. The van der Waals surface area contributed by atoms with Crippen LogP contribution in [0.2, 0.25) is 0 Å². The van der Waals surface area contributed by atoms with Gasteiger partial charge in [0.05, 0.1) is 30.6 Å². The van der Waals surface area contributed by atoms with Crippen molar-refractivity contribution >= 4 is 33.7 Å². The van der Waals surface area contributed by atoms with Gasteiger partial charge in [0.15, 0.2) is 0 Å². The summed E-state index contributed by atoms with van der Waals surface area (Å²) in [6.07, 6.45) is 3.02. The van der Waals surface area contributed by atoms with Gasteiger partial charge in [-0.05, 0) is 25.7 Å². The van der Waals surface area contributed by atoms with Gasteiger partial charge in [-0.15, -0.1) is 6.58 Å². The van der Waals surface area contributed by atoms with Crippen LogP contribution in [0, 0.1) is 17.8 Å². The van der Waals surface area contributed by atoms with Gasteiger partial charge >= 0.3 is 5.97 Å². The number of carboxylic acids is 1. The number of carbonyl (C=O) groups is 3. The summed E-state index contributed by atoms with van der Waals surface area (Å²) in [5.41, 5.74) is -1.23. The zero-order valence-electron chi connectivity index (χ0n) is 19.2. The summed E-state index contributed by atoms with van der Waals surface area (Å²) in [6, 6.07) is -1.69. The minimum absolute atomic E-state index is 0.0850. The van der Waals surface area contributed by atoms with Crippen LogP contribution in [0.25, 0.3) is 0 Å². The summed E-state index contributed by atoms with van der Waals surface area (Å²) in [7, 11) is 0. The van der Waals surface area contributed by atoms with E-state index in [0.717, 1.165) is 12.8 Å². The molecule has 0 saturated carbocycles. The standard InChI is InChI=1S/C23H35BrN2O6/c1-6-8-13(5)25(9-7-2)21(29)19-23-10-14(24)18(32-23)16(22(30)31)17(23)20(28)26(19)15(11-27)12(3)4/h7,12-19,27H,2,6,8-11H2,1,3-5H3,(H,30,31)/t13?,14?,15-,16+,17-,18+,19?,23?/m0/s1. The Kier molecular flexibility index (Phi) is 7.42. The second-order valence-electron chi connectivity index (χ2n) is 9.66. The molecule has 2 amide bonds. The number of alkyl halides is 1. The zero-order valence-corrected chi connectivity index (χ0v) is 20.8. The number of aliphatic hydroxyl groups is 1. The topological polar surface area (TPSA) is 107 Å². The van der Waals surface area contributed by atoms with Gasteiger partial charge in [0, 0.05) is 17.4 Å². The maximum Gasteiger partial charge on any atom is 0.310 e. The summed E-state index contributed by atoms with van der Waals surface area (Å²) in [4.78, 5) is 42.9. The van der Waals surface area contributed by atoms with Crippen molar-refractivity contribution in [2.75, 3.05) is 13.2 Å². The van der Waals surface area contributed by atoms with E-state index >= 15 is 0 Å². The van der Waals surface area contributed by atoms with Crippen LogP contribution in [0.4, 0.5) is 0 Å². The summed E-state index contributed by atoms with van der Waals surface area (Å²) in [5, 5.41) is 20.1. The fourth-order valence-electron chi connectivity index (χ4n) is 5.96. The van der Waals surface area contributed by atoms with E-state index in [2.05, 4.69) is 22.5 Å². The van der Waals surface area contributed by atoms with E-state index in [1.807, 2.05) is 27.7 Å². The number of amides is 2. The molecule has 3 fully saturated rings. The lowest BCUT2D eigenvalue weighted by Gasteiger charge is -2.41. The van der Waals surface area contributed by atoms with Gasteiger partial charge in [-0.2, -0.15) is 0 Å². The fourth-order valence-corrected chi connectivity index (χ4v) is 6.91. The van der Waals surface area contributed by atoms with Gasteiger partial charge in [-0.25, -0.2) is 0 Å². The average molecular weight is 515 g/mol. The predicted octanol–water partition coefficient (Wildman–Crippen LogP) is 2.04. The van der Waals surface area contributed by atoms with Gasteiger partial charge in [-0.1, -0.05) is 49.2 Å². The number of carboxylic acid groups (broad SMARTS) is 1. The molecule has 8 nitrogen and oxygen atoms in total. The molecule has 2 N–H and O–H groups in total. The molecule has 3 aliphatic rings. The molecule has 180 valence electrons. The second-order valence-corrected chi connectivity index (χ2v) is 10.8. The number of ether oxygens (including phenoxy) is 1. The fraction of sp³-hybridized carbons (Fsp3) is 0.783. The number of aliphatic hydroxyl groups excluding tert-OH is 1. The Morgan fingerprint density at radius 1 is 1.41 bits per heavy atom. The van der Waals surface area contributed by atoms with E-state index in [0.29, 0.717) is 13.0 Å². The molecule has 3 rings (SSSR count). The molecule has 3 saturated heterocycles. The number of rotatable bonds is 10.